The van der Waals surface area contributed by atoms with E-state index in [2.05, 4.69) is 0 Å². The van der Waals surface area contributed by atoms with Crippen LogP contribution in [-0.2, 0) is 25.5 Å². The maximum absolute atomic E-state index is 12.7. The summed E-state index contributed by atoms with van der Waals surface area (Å²) in [5, 5.41) is 0. The van der Waals surface area contributed by atoms with Gasteiger partial charge in [0.05, 0.1) is 39.7 Å². The molecule has 7 heteroatoms. The maximum Gasteiger partial charge on any atom is 0.227 e. The molecule has 7 nitrogen and oxygen atoms in total. The Bertz CT molecular complexity index is 588. The van der Waals surface area contributed by atoms with Gasteiger partial charge < -0.3 is 24.8 Å². The Morgan fingerprint density at radius 1 is 1.33 bits per heavy atom. The molecule has 2 rings (SSSR count). The summed E-state index contributed by atoms with van der Waals surface area (Å²) in [4.78, 5) is 25.7. The van der Waals surface area contributed by atoms with E-state index in [-0.39, 0.29) is 31.9 Å². The van der Waals surface area contributed by atoms with Gasteiger partial charge in [-0.1, -0.05) is 18.2 Å². The molecule has 0 saturated carbocycles. The largest absolute Gasteiger partial charge is 0.496 e. The fraction of sp³-hybridized carbons (Fsp3) is 0.529. The minimum absolute atomic E-state index is 0.0132. The summed E-state index contributed by atoms with van der Waals surface area (Å²) in [6, 6.07) is 7.41. The second-order valence-electron chi connectivity index (χ2n) is 5.91. The number of benzene rings is 1. The van der Waals surface area contributed by atoms with E-state index >= 15 is 0 Å². The fourth-order valence-corrected chi connectivity index (χ4v) is 3.01. The average Bonchev–Trinajstić information content (AvgIpc) is 2.55. The number of amides is 2. The molecule has 1 aromatic rings. The molecule has 0 bridgehead atoms. The van der Waals surface area contributed by atoms with Crippen molar-refractivity contribution in [1.29, 1.82) is 0 Å². The number of carbonyl (C=O) groups is 2. The average molecular weight is 336 g/mol. The zero-order valence-corrected chi connectivity index (χ0v) is 14.1. The van der Waals surface area contributed by atoms with Crippen LogP contribution in [0, 0.1) is 0 Å². The van der Waals surface area contributed by atoms with Crippen LogP contribution in [0.5, 0.6) is 5.75 Å². The van der Waals surface area contributed by atoms with Crippen LogP contribution in [0.1, 0.15) is 12.0 Å². The van der Waals surface area contributed by atoms with Crippen LogP contribution in [0.2, 0.25) is 0 Å². The smallest absolute Gasteiger partial charge is 0.227 e. The highest BCUT2D eigenvalue weighted by molar-refractivity contribution is 5.80. The van der Waals surface area contributed by atoms with Crippen molar-refractivity contribution in [2.24, 2.45) is 5.73 Å². The van der Waals surface area contributed by atoms with Crippen molar-refractivity contribution in [1.82, 2.24) is 4.90 Å². The van der Waals surface area contributed by atoms with Crippen molar-refractivity contribution in [3.8, 4) is 5.75 Å². The number of nitrogens with two attached hydrogens (primary N) is 1. The number of nitrogens with zero attached hydrogens (tertiary/aromatic N) is 1. The predicted octanol–water partition coefficient (Wildman–Crippen LogP) is 0.357. The fourth-order valence-electron chi connectivity index (χ4n) is 3.01. The van der Waals surface area contributed by atoms with Crippen molar-refractivity contribution in [3.05, 3.63) is 29.8 Å². The van der Waals surface area contributed by atoms with Gasteiger partial charge in [-0.15, -0.1) is 0 Å². The second-order valence-corrected chi connectivity index (χ2v) is 5.91. The number of ether oxygens (including phenoxy) is 3. The number of hydrogen-bond donors (Lipinski definition) is 1. The van der Waals surface area contributed by atoms with Gasteiger partial charge in [0.15, 0.2) is 0 Å². The normalized spacial score (nSPS) is 20.7. The summed E-state index contributed by atoms with van der Waals surface area (Å²) in [5.74, 6) is 0.151. The topological polar surface area (TPSA) is 91.1 Å². The monoisotopic (exact) mass is 336 g/mol. The van der Waals surface area contributed by atoms with E-state index in [1.165, 1.54) is 7.11 Å². The standard InChI is InChI=1S/C17H24N2O5/c1-22-12-17(10-15(18)20)11-19(7-8-24-17)16(21)9-13-5-3-4-6-14(13)23-2/h3-6H,7-12H2,1-2H3,(H2,18,20)/t17-/m0/s1. The Morgan fingerprint density at radius 3 is 2.75 bits per heavy atom. The summed E-state index contributed by atoms with van der Waals surface area (Å²) < 4.78 is 16.2. The highest BCUT2D eigenvalue weighted by Crippen LogP contribution is 2.24. The number of morpholine rings is 1. The molecule has 1 aliphatic rings. The quantitative estimate of drug-likeness (QED) is 0.776. The molecular formula is C17H24N2O5. The molecule has 1 atom stereocenters. The summed E-state index contributed by atoms with van der Waals surface area (Å²) in [7, 11) is 3.11. The zero-order valence-electron chi connectivity index (χ0n) is 14.1. The first-order valence-corrected chi connectivity index (χ1v) is 7.80. The van der Waals surface area contributed by atoms with Crippen molar-refractivity contribution >= 4 is 11.8 Å². The zero-order chi connectivity index (χ0) is 17.6. The third-order valence-corrected chi connectivity index (χ3v) is 4.04. The Kier molecular flexibility index (Phi) is 6.16. The van der Waals surface area contributed by atoms with E-state index in [0.717, 1.165) is 5.56 Å². The molecule has 1 aromatic carbocycles. The molecular weight excluding hydrogens is 312 g/mol. The lowest BCUT2D eigenvalue weighted by atomic mass is 9.97. The van der Waals surface area contributed by atoms with Gasteiger partial charge in [-0.05, 0) is 6.07 Å². The van der Waals surface area contributed by atoms with Crippen LogP contribution >= 0.6 is 0 Å². The van der Waals surface area contributed by atoms with E-state index in [1.807, 2.05) is 24.3 Å². The maximum atomic E-state index is 12.7. The third-order valence-electron chi connectivity index (χ3n) is 4.04. The molecule has 1 heterocycles. The molecule has 0 spiro atoms. The van der Waals surface area contributed by atoms with Gasteiger partial charge in [0.2, 0.25) is 11.8 Å². The van der Waals surface area contributed by atoms with E-state index in [0.29, 0.717) is 18.9 Å². The Hall–Kier alpha value is -2.12. The molecule has 2 N–H and O–H groups in total. The van der Waals surface area contributed by atoms with E-state index in [9.17, 15) is 9.59 Å². The van der Waals surface area contributed by atoms with Crippen LogP contribution in [0.25, 0.3) is 0 Å². The minimum atomic E-state index is -0.880. The van der Waals surface area contributed by atoms with Gasteiger partial charge in [-0.2, -0.15) is 0 Å². The van der Waals surface area contributed by atoms with Crippen molar-refractivity contribution in [2.45, 2.75) is 18.4 Å². The number of primary amides is 1. The Morgan fingerprint density at radius 2 is 2.08 bits per heavy atom. The predicted molar refractivity (Wildman–Crippen MR) is 87.6 cm³/mol. The first-order chi connectivity index (χ1) is 11.5. The van der Waals surface area contributed by atoms with Gasteiger partial charge in [0.1, 0.15) is 11.4 Å². The summed E-state index contributed by atoms with van der Waals surface area (Å²) >= 11 is 0. The van der Waals surface area contributed by atoms with Crippen molar-refractivity contribution < 1.29 is 23.8 Å². The van der Waals surface area contributed by atoms with E-state index in [1.54, 1.807) is 12.0 Å². The van der Waals surface area contributed by atoms with Gasteiger partial charge in [0.25, 0.3) is 0 Å². The lowest BCUT2D eigenvalue weighted by molar-refractivity contribution is -0.165. The Labute approximate surface area is 141 Å². The second kappa shape index (κ2) is 8.12. The number of hydrogen-bond acceptors (Lipinski definition) is 5. The first-order valence-electron chi connectivity index (χ1n) is 7.80. The number of methoxy groups -OCH3 is 2. The third kappa shape index (κ3) is 4.46. The summed E-state index contributed by atoms with van der Waals surface area (Å²) in [5.41, 5.74) is 5.27. The van der Waals surface area contributed by atoms with Gasteiger partial charge in [-0.25, -0.2) is 0 Å². The molecule has 0 radical (unpaired) electrons. The first kappa shape index (κ1) is 18.2. The molecule has 1 saturated heterocycles. The van der Waals surface area contributed by atoms with Gasteiger partial charge in [-0.3, -0.25) is 9.59 Å². The SMILES string of the molecule is COC[C@]1(CC(N)=O)CN(C(=O)Cc2ccccc2OC)CCO1. The molecule has 0 aromatic heterocycles. The lowest BCUT2D eigenvalue weighted by Crippen LogP contribution is -2.57. The molecule has 0 unspecified atom stereocenters. The van der Waals surface area contributed by atoms with Crippen LogP contribution < -0.4 is 10.5 Å². The van der Waals surface area contributed by atoms with Crippen LogP contribution in [0.15, 0.2) is 24.3 Å². The van der Waals surface area contributed by atoms with Crippen LogP contribution in [0.3, 0.4) is 0 Å². The Balaban J connectivity index is 2.10. The summed E-state index contributed by atoms with van der Waals surface area (Å²) in [6.07, 6.45) is 0.239. The van der Waals surface area contributed by atoms with Gasteiger partial charge in [0, 0.05) is 19.2 Å². The van der Waals surface area contributed by atoms with Gasteiger partial charge >= 0.3 is 0 Å². The van der Waals surface area contributed by atoms with E-state index in [4.69, 9.17) is 19.9 Å². The molecule has 2 amide bonds. The highest BCUT2D eigenvalue weighted by atomic mass is 16.5. The number of para-hydroxylation sites is 1. The molecule has 1 fully saturated rings. The molecule has 0 aliphatic carbocycles. The molecule has 1 aliphatic heterocycles. The molecule has 132 valence electrons. The summed E-state index contributed by atoms with van der Waals surface area (Å²) in [6.45, 7) is 1.29. The van der Waals surface area contributed by atoms with Crippen LogP contribution in [-0.4, -0.2) is 62.8 Å². The molecule has 24 heavy (non-hydrogen) atoms. The highest BCUT2D eigenvalue weighted by Gasteiger charge is 2.40. The lowest BCUT2D eigenvalue weighted by Gasteiger charge is -2.41. The van der Waals surface area contributed by atoms with Crippen molar-refractivity contribution in [3.63, 3.8) is 0 Å². The number of rotatable bonds is 7. The minimum Gasteiger partial charge on any atom is -0.496 e. The van der Waals surface area contributed by atoms with E-state index < -0.39 is 11.5 Å². The van der Waals surface area contributed by atoms with Crippen LogP contribution in [0.4, 0.5) is 0 Å². The number of carbonyl (C=O) groups excluding carboxylic acids is 2. The van der Waals surface area contributed by atoms with Crippen molar-refractivity contribution in [2.75, 3.05) is 40.5 Å².